The lowest BCUT2D eigenvalue weighted by Crippen LogP contribution is -2.39. The first kappa shape index (κ1) is 11.0. The number of hydrogen-bond acceptors (Lipinski definition) is 3. The maximum atomic E-state index is 10.4. The summed E-state index contributed by atoms with van der Waals surface area (Å²) in [5.74, 6) is 0. The van der Waals surface area contributed by atoms with E-state index in [4.69, 9.17) is 15.2 Å². The summed E-state index contributed by atoms with van der Waals surface area (Å²) in [6.45, 7) is 0.606. The first-order valence-corrected chi connectivity index (χ1v) is 5.35. The predicted octanol–water partition coefficient (Wildman–Crippen LogP) is 1.83. The summed E-state index contributed by atoms with van der Waals surface area (Å²) in [7, 11) is 0. The number of amides is 1. The molecule has 16 heavy (non-hydrogen) atoms. The van der Waals surface area contributed by atoms with E-state index in [1.165, 1.54) is 0 Å². The van der Waals surface area contributed by atoms with Crippen LogP contribution in [0.1, 0.15) is 18.4 Å². The highest BCUT2D eigenvalue weighted by molar-refractivity contribution is 5.64. The fraction of sp³-hybridized carbons (Fsp3) is 0.417. The fourth-order valence-electron chi connectivity index (χ4n) is 1.70. The smallest absolute Gasteiger partial charge is 0.404 e. The summed E-state index contributed by atoms with van der Waals surface area (Å²) in [6, 6.07) is 9.99. The largest absolute Gasteiger partial charge is 0.446 e. The van der Waals surface area contributed by atoms with Gasteiger partial charge in [0.05, 0.1) is 12.7 Å². The van der Waals surface area contributed by atoms with Gasteiger partial charge in [-0.15, -0.1) is 0 Å². The van der Waals surface area contributed by atoms with Gasteiger partial charge in [0, 0.05) is 12.8 Å². The van der Waals surface area contributed by atoms with Crippen molar-refractivity contribution in [1.82, 2.24) is 0 Å². The van der Waals surface area contributed by atoms with Crippen LogP contribution >= 0.6 is 0 Å². The highest BCUT2D eigenvalue weighted by Gasteiger charge is 2.32. The molecule has 0 unspecified atom stereocenters. The Bertz CT molecular complexity index is 347. The molecule has 0 aromatic heterocycles. The first-order valence-electron chi connectivity index (χ1n) is 5.35. The molecule has 1 aliphatic carbocycles. The molecule has 0 spiro atoms. The van der Waals surface area contributed by atoms with Gasteiger partial charge in [-0.25, -0.2) is 4.79 Å². The van der Waals surface area contributed by atoms with Gasteiger partial charge in [-0.1, -0.05) is 30.3 Å². The van der Waals surface area contributed by atoms with E-state index in [1.807, 2.05) is 30.3 Å². The normalized spacial score (nSPS) is 23.5. The average Bonchev–Trinajstić information content (AvgIpc) is 2.22. The van der Waals surface area contributed by atoms with Gasteiger partial charge in [0.15, 0.2) is 0 Å². The Labute approximate surface area is 94.3 Å². The SMILES string of the molecule is NC(=O)O[C@H]1C[C@@H](OCc2ccccc2)C1. The van der Waals surface area contributed by atoms with Crippen LogP contribution in [0.25, 0.3) is 0 Å². The van der Waals surface area contributed by atoms with Crippen molar-refractivity contribution in [2.24, 2.45) is 5.73 Å². The zero-order valence-corrected chi connectivity index (χ0v) is 8.96. The van der Waals surface area contributed by atoms with Crippen LogP contribution in [0.4, 0.5) is 4.79 Å². The van der Waals surface area contributed by atoms with Gasteiger partial charge in [0.2, 0.25) is 0 Å². The van der Waals surface area contributed by atoms with Crippen LogP contribution in [0.3, 0.4) is 0 Å². The lowest BCUT2D eigenvalue weighted by atomic mass is 9.92. The van der Waals surface area contributed by atoms with Gasteiger partial charge in [-0.2, -0.15) is 0 Å². The number of benzene rings is 1. The molecule has 1 amide bonds. The standard InChI is InChI=1S/C12H15NO3/c13-12(14)16-11-6-10(7-11)15-8-9-4-2-1-3-5-9/h1-5,10-11H,6-8H2,(H2,13,14)/t10-,11+. The molecule has 2 rings (SSSR count). The summed E-state index contributed by atoms with van der Waals surface area (Å²) < 4.78 is 10.5. The molecule has 0 atom stereocenters. The molecular weight excluding hydrogens is 206 g/mol. The number of nitrogens with two attached hydrogens (primary N) is 1. The average molecular weight is 221 g/mol. The number of ether oxygens (including phenoxy) is 2. The Morgan fingerprint density at radius 1 is 1.25 bits per heavy atom. The lowest BCUT2D eigenvalue weighted by molar-refractivity contribution is -0.0801. The second-order valence-corrected chi connectivity index (χ2v) is 3.95. The van der Waals surface area contributed by atoms with E-state index in [2.05, 4.69) is 0 Å². The number of carbonyl (C=O) groups is 1. The van der Waals surface area contributed by atoms with Gasteiger partial charge < -0.3 is 15.2 Å². The minimum Gasteiger partial charge on any atom is -0.446 e. The van der Waals surface area contributed by atoms with Crippen molar-refractivity contribution in [1.29, 1.82) is 0 Å². The molecule has 1 saturated carbocycles. The molecule has 0 heterocycles. The van der Waals surface area contributed by atoms with Crippen molar-refractivity contribution in [2.45, 2.75) is 31.7 Å². The topological polar surface area (TPSA) is 61.6 Å². The Hall–Kier alpha value is -1.55. The van der Waals surface area contributed by atoms with Crippen molar-refractivity contribution in [3.05, 3.63) is 35.9 Å². The Balaban J connectivity index is 1.65. The summed E-state index contributed by atoms with van der Waals surface area (Å²) in [6.07, 6.45) is 0.917. The van der Waals surface area contributed by atoms with Gasteiger partial charge in [0.25, 0.3) is 0 Å². The minimum absolute atomic E-state index is 0.0572. The number of rotatable bonds is 4. The molecule has 4 nitrogen and oxygen atoms in total. The van der Waals surface area contributed by atoms with Gasteiger partial charge in [-0.3, -0.25) is 0 Å². The summed E-state index contributed by atoms with van der Waals surface area (Å²) in [5.41, 5.74) is 6.07. The first-order chi connectivity index (χ1) is 7.74. The van der Waals surface area contributed by atoms with E-state index in [0.29, 0.717) is 6.61 Å². The molecule has 0 radical (unpaired) electrons. The van der Waals surface area contributed by atoms with Gasteiger partial charge in [0.1, 0.15) is 6.10 Å². The van der Waals surface area contributed by atoms with Crippen LogP contribution in [-0.2, 0) is 16.1 Å². The third kappa shape index (κ3) is 2.97. The van der Waals surface area contributed by atoms with E-state index in [-0.39, 0.29) is 12.2 Å². The van der Waals surface area contributed by atoms with Crippen molar-refractivity contribution in [3.8, 4) is 0 Å². The highest BCUT2D eigenvalue weighted by atomic mass is 16.6. The van der Waals surface area contributed by atoms with Crippen LogP contribution in [0.5, 0.6) is 0 Å². The van der Waals surface area contributed by atoms with Crippen LogP contribution in [0.2, 0.25) is 0 Å². The number of primary amides is 1. The molecule has 1 aromatic carbocycles. The molecule has 0 saturated heterocycles. The van der Waals surface area contributed by atoms with E-state index >= 15 is 0 Å². The Morgan fingerprint density at radius 3 is 2.56 bits per heavy atom. The second-order valence-electron chi connectivity index (χ2n) is 3.95. The third-order valence-corrected chi connectivity index (χ3v) is 2.66. The highest BCUT2D eigenvalue weighted by Crippen LogP contribution is 2.27. The van der Waals surface area contributed by atoms with Crippen LogP contribution in [0.15, 0.2) is 30.3 Å². The Kier molecular flexibility index (Phi) is 3.41. The molecule has 1 aliphatic rings. The van der Waals surface area contributed by atoms with E-state index in [1.54, 1.807) is 0 Å². The zero-order chi connectivity index (χ0) is 11.4. The van der Waals surface area contributed by atoms with Crippen LogP contribution in [0, 0.1) is 0 Å². The van der Waals surface area contributed by atoms with Crippen molar-refractivity contribution in [3.63, 3.8) is 0 Å². The fourth-order valence-corrected chi connectivity index (χ4v) is 1.70. The monoisotopic (exact) mass is 221 g/mol. The van der Waals surface area contributed by atoms with Crippen molar-refractivity contribution < 1.29 is 14.3 Å². The van der Waals surface area contributed by atoms with E-state index < -0.39 is 6.09 Å². The van der Waals surface area contributed by atoms with Crippen LogP contribution in [-0.4, -0.2) is 18.3 Å². The predicted molar refractivity (Wildman–Crippen MR) is 58.7 cm³/mol. The van der Waals surface area contributed by atoms with E-state index in [9.17, 15) is 4.79 Å². The molecule has 0 bridgehead atoms. The molecule has 0 aliphatic heterocycles. The molecule has 4 heteroatoms. The quantitative estimate of drug-likeness (QED) is 0.843. The zero-order valence-electron chi connectivity index (χ0n) is 8.96. The van der Waals surface area contributed by atoms with Crippen LogP contribution < -0.4 is 5.73 Å². The Morgan fingerprint density at radius 2 is 1.94 bits per heavy atom. The molecular formula is C12H15NO3. The van der Waals surface area contributed by atoms with Gasteiger partial charge >= 0.3 is 6.09 Å². The molecule has 2 N–H and O–H groups in total. The summed E-state index contributed by atoms with van der Waals surface area (Å²) in [5, 5.41) is 0. The van der Waals surface area contributed by atoms with Crippen molar-refractivity contribution in [2.75, 3.05) is 0 Å². The number of carbonyl (C=O) groups excluding carboxylic acids is 1. The maximum absolute atomic E-state index is 10.4. The summed E-state index contributed by atoms with van der Waals surface area (Å²) in [4.78, 5) is 10.4. The lowest BCUT2D eigenvalue weighted by Gasteiger charge is -2.33. The minimum atomic E-state index is -0.702. The van der Waals surface area contributed by atoms with Gasteiger partial charge in [-0.05, 0) is 5.56 Å². The second kappa shape index (κ2) is 4.99. The van der Waals surface area contributed by atoms with E-state index in [0.717, 1.165) is 18.4 Å². The molecule has 86 valence electrons. The third-order valence-electron chi connectivity index (χ3n) is 2.66. The maximum Gasteiger partial charge on any atom is 0.404 e. The molecule has 1 fully saturated rings. The van der Waals surface area contributed by atoms with Crippen molar-refractivity contribution >= 4 is 6.09 Å². The molecule has 1 aromatic rings. The summed E-state index contributed by atoms with van der Waals surface area (Å²) >= 11 is 0. The number of hydrogen-bond donors (Lipinski definition) is 1.